The van der Waals surface area contributed by atoms with E-state index in [0.717, 1.165) is 0 Å². The van der Waals surface area contributed by atoms with Crippen molar-refractivity contribution in [2.75, 3.05) is 5.32 Å². The lowest BCUT2D eigenvalue weighted by atomic mass is 10.3. The predicted octanol–water partition coefficient (Wildman–Crippen LogP) is 1.85. The van der Waals surface area contributed by atoms with Gasteiger partial charge in [-0.2, -0.15) is 0 Å². The molecule has 0 spiro atoms. The normalized spacial score (nSPS) is 8.67. The van der Waals surface area contributed by atoms with Gasteiger partial charge in [-0.1, -0.05) is 23.4 Å². The zero-order valence-electron chi connectivity index (χ0n) is 6.36. The second-order valence-corrected chi connectivity index (χ2v) is 2.00. The van der Waals surface area contributed by atoms with Crippen LogP contribution in [0.5, 0.6) is 0 Å². The van der Waals surface area contributed by atoms with Gasteiger partial charge in [0.2, 0.25) is 0 Å². The summed E-state index contributed by atoms with van der Waals surface area (Å²) in [4.78, 5) is 15.0. The molecule has 4 heteroatoms. The Morgan fingerprint density at radius 2 is 2.08 bits per heavy atom. The molecule has 1 N–H and O–H groups in total. The minimum Gasteiger partial charge on any atom is -0.298 e. The average molecular weight is 164 g/mol. The number of amides is 1. The summed E-state index contributed by atoms with van der Waals surface area (Å²) in [5, 5.41) is 5.42. The third kappa shape index (κ3) is 2.42. The summed E-state index contributed by atoms with van der Waals surface area (Å²) in [5.74, 6) is 0. The average Bonchev–Trinajstić information content (AvgIpc) is 2.06. The van der Waals surface area contributed by atoms with E-state index in [9.17, 15) is 4.79 Å². The minimum atomic E-state index is -0.642. The van der Waals surface area contributed by atoms with Gasteiger partial charge >= 0.3 is 6.09 Å². The third-order valence-corrected chi connectivity index (χ3v) is 1.17. The molecule has 1 amide bonds. The van der Waals surface area contributed by atoms with Crippen molar-refractivity contribution in [3.8, 4) is 0 Å². The highest BCUT2D eigenvalue weighted by Gasteiger charge is 1.99. The fraction of sp³-hybridized carbons (Fsp3) is 0. The molecule has 0 unspecified atom stereocenters. The molecule has 0 heterocycles. The maximum absolute atomic E-state index is 10.7. The summed E-state index contributed by atoms with van der Waals surface area (Å²) in [7, 11) is 0. The molecule has 0 aliphatic rings. The number of nitrogens with zero attached hydrogens (tertiary/aromatic N) is 1. The number of oxime groups is 1. The van der Waals surface area contributed by atoms with E-state index < -0.39 is 6.09 Å². The molecule has 1 aromatic rings. The summed E-state index contributed by atoms with van der Waals surface area (Å²) in [6.45, 7) is 3.01. The molecule has 0 aromatic heterocycles. The molecule has 62 valence electrons. The molecule has 0 atom stereocenters. The zero-order chi connectivity index (χ0) is 8.81. The van der Waals surface area contributed by atoms with Gasteiger partial charge in [0.05, 0.1) is 0 Å². The SMILES string of the molecule is C=NOC(=O)Nc1ccccc1. The van der Waals surface area contributed by atoms with Crippen LogP contribution < -0.4 is 5.32 Å². The van der Waals surface area contributed by atoms with Crippen LogP contribution in [0.25, 0.3) is 0 Å². The van der Waals surface area contributed by atoms with Crippen molar-refractivity contribution < 1.29 is 9.63 Å². The van der Waals surface area contributed by atoms with Gasteiger partial charge in [-0.25, -0.2) is 4.79 Å². The second kappa shape index (κ2) is 4.12. The highest BCUT2D eigenvalue weighted by molar-refractivity contribution is 5.84. The van der Waals surface area contributed by atoms with Crippen molar-refractivity contribution in [3.05, 3.63) is 30.3 Å². The first-order valence-corrected chi connectivity index (χ1v) is 3.32. The molecular weight excluding hydrogens is 156 g/mol. The van der Waals surface area contributed by atoms with Gasteiger partial charge in [0.25, 0.3) is 0 Å². The summed E-state index contributed by atoms with van der Waals surface area (Å²) >= 11 is 0. The molecule has 4 nitrogen and oxygen atoms in total. The van der Waals surface area contributed by atoms with Gasteiger partial charge in [-0.3, -0.25) is 10.2 Å². The van der Waals surface area contributed by atoms with Crippen molar-refractivity contribution in [2.45, 2.75) is 0 Å². The lowest BCUT2D eigenvalue weighted by molar-refractivity contribution is 0.167. The van der Waals surface area contributed by atoms with E-state index in [-0.39, 0.29) is 0 Å². The Kier molecular flexibility index (Phi) is 2.84. The lowest BCUT2D eigenvalue weighted by Gasteiger charge is -2.00. The summed E-state index contributed by atoms with van der Waals surface area (Å²) in [6.07, 6.45) is -0.642. The Labute approximate surface area is 69.8 Å². The van der Waals surface area contributed by atoms with Crippen LogP contribution in [0.2, 0.25) is 0 Å². The van der Waals surface area contributed by atoms with Crippen LogP contribution in [0.4, 0.5) is 10.5 Å². The number of nitrogens with one attached hydrogen (secondary N) is 1. The first kappa shape index (κ1) is 8.26. The summed E-state index contributed by atoms with van der Waals surface area (Å²) < 4.78 is 0. The summed E-state index contributed by atoms with van der Waals surface area (Å²) in [6, 6.07) is 8.94. The molecule has 0 bridgehead atoms. The first-order valence-electron chi connectivity index (χ1n) is 3.32. The van der Waals surface area contributed by atoms with Crippen LogP contribution in [0, 0.1) is 0 Å². The van der Waals surface area contributed by atoms with Crippen LogP contribution in [0.15, 0.2) is 35.5 Å². The van der Waals surface area contributed by atoms with Crippen LogP contribution in [-0.2, 0) is 4.84 Å². The standard InChI is InChI=1S/C8H8N2O2/c1-9-12-8(11)10-7-5-3-2-4-6-7/h2-6H,1H2,(H,10,11). The van der Waals surface area contributed by atoms with E-state index in [4.69, 9.17) is 0 Å². The zero-order valence-corrected chi connectivity index (χ0v) is 6.36. The van der Waals surface area contributed by atoms with Crippen molar-refractivity contribution >= 4 is 18.5 Å². The molecule has 1 aromatic carbocycles. The molecule has 0 aliphatic heterocycles. The highest BCUT2D eigenvalue weighted by atomic mass is 16.7. The van der Waals surface area contributed by atoms with Gasteiger partial charge in [0.15, 0.2) is 0 Å². The van der Waals surface area contributed by atoms with E-state index in [1.54, 1.807) is 24.3 Å². The molecule has 12 heavy (non-hydrogen) atoms. The number of benzene rings is 1. The van der Waals surface area contributed by atoms with Crippen LogP contribution >= 0.6 is 0 Å². The molecule has 0 saturated heterocycles. The van der Waals surface area contributed by atoms with Gasteiger partial charge < -0.3 is 0 Å². The number of para-hydroxylation sites is 1. The van der Waals surface area contributed by atoms with Gasteiger partial charge in [-0.15, -0.1) is 0 Å². The maximum Gasteiger partial charge on any atom is 0.437 e. The Balaban J connectivity index is 2.52. The van der Waals surface area contributed by atoms with Crippen LogP contribution in [-0.4, -0.2) is 12.8 Å². The number of hydrogen-bond donors (Lipinski definition) is 1. The fourth-order valence-corrected chi connectivity index (χ4v) is 0.721. The number of rotatable bonds is 2. The Morgan fingerprint density at radius 3 is 2.67 bits per heavy atom. The van der Waals surface area contributed by atoms with Gasteiger partial charge in [-0.05, 0) is 12.1 Å². The molecular formula is C8H8N2O2. The summed E-state index contributed by atoms with van der Waals surface area (Å²) in [5.41, 5.74) is 0.658. The topological polar surface area (TPSA) is 50.7 Å². The van der Waals surface area contributed by atoms with E-state index >= 15 is 0 Å². The first-order chi connectivity index (χ1) is 5.83. The third-order valence-electron chi connectivity index (χ3n) is 1.17. The van der Waals surface area contributed by atoms with Crippen molar-refractivity contribution in [1.29, 1.82) is 0 Å². The quantitative estimate of drug-likeness (QED) is 0.412. The fourth-order valence-electron chi connectivity index (χ4n) is 0.721. The van der Waals surface area contributed by atoms with Gasteiger partial charge in [0.1, 0.15) is 0 Å². The molecule has 0 saturated carbocycles. The molecule has 0 aliphatic carbocycles. The van der Waals surface area contributed by atoms with Crippen molar-refractivity contribution in [3.63, 3.8) is 0 Å². The van der Waals surface area contributed by atoms with E-state index in [1.807, 2.05) is 6.07 Å². The largest absolute Gasteiger partial charge is 0.437 e. The number of carbonyl (C=O) groups is 1. The monoisotopic (exact) mass is 164 g/mol. The molecule has 0 fully saturated rings. The number of carbonyl (C=O) groups excluding carboxylic acids is 1. The van der Waals surface area contributed by atoms with Crippen LogP contribution in [0.1, 0.15) is 0 Å². The highest BCUT2D eigenvalue weighted by Crippen LogP contribution is 2.04. The molecule has 1 rings (SSSR count). The van der Waals surface area contributed by atoms with E-state index in [1.165, 1.54) is 0 Å². The second-order valence-electron chi connectivity index (χ2n) is 2.00. The molecule has 0 radical (unpaired) electrons. The van der Waals surface area contributed by atoms with Crippen molar-refractivity contribution in [1.82, 2.24) is 0 Å². The predicted molar refractivity (Wildman–Crippen MR) is 46.1 cm³/mol. The number of hydrogen-bond acceptors (Lipinski definition) is 3. The van der Waals surface area contributed by atoms with E-state index in [2.05, 4.69) is 22.0 Å². The number of anilines is 1. The van der Waals surface area contributed by atoms with Crippen LogP contribution in [0.3, 0.4) is 0 Å². The maximum atomic E-state index is 10.7. The van der Waals surface area contributed by atoms with E-state index in [0.29, 0.717) is 5.69 Å². The smallest absolute Gasteiger partial charge is 0.298 e. The van der Waals surface area contributed by atoms with Crippen molar-refractivity contribution in [2.24, 2.45) is 5.16 Å². The van der Waals surface area contributed by atoms with Gasteiger partial charge in [0, 0.05) is 12.4 Å². The Bertz CT molecular complexity index is 272. The minimum absolute atomic E-state index is 0.642. The Morgan fingerprint density at radius 1 is 1.42 bits per heavy atom. The Hall–Kier alpha value is -1.84. The lowest BCUT2D eigenvalue weighted by Crippen LogP contribution is -2.09.